The zero-order chi connectivity index (χ0) is 20.8. The number of hydrogen-bond acceptors (Lipinski definition) is 5. The van der Waals surface area contributed by atoms with Gasteiger partial charge in [-0.1, -0.05) is 31.2 Å². The third-order valence-corrected chi connectivity index (χ3v) is 5.21. The van der Waals surface area contributed by atoms with Crippen molar-refractivity contribution in [2.75, 3.05) is 18.0 Å². The third-order valence-electron chi connectivity index (χ3n) is 5.21. The van der Waals surface area contributed by atoms with E-state index in [0.717, 1.165) is 12.0 Å². The number of amides is 2. The van der Waals surface area contributed by atoms with Crippen molar-refractivity contribution in [3.05, 3.63) is 69.8 Å². The molecular weight excluding hydrogens is 372 g/mol. The van der Waals surface area contributed by atoms with Gasteiger partial charge in [-0.2, -0.15) is 0 Å². The smallest absolute Gasteiger partial charge is 0.292 e. The predicted octanol–water partition coefficient (Wildman–Crippen LogP) is 2.83. The standard InChI is InChI=1S/C21H24N4O4/c1-2-15-7-9-16(10-8-15)20(26)22-23-21(27)17-11-13-24(14-12-17)18-5-3-4-6-19(18)25(28)29/h3-10,17H,2,11-14H2,1H3,(H,22,26)(H,23,27). The lowest BCUT2D eigenvalue weighted by atomic mass is 9.95. The summed E-state index contributed by atoms with van der Waals surface area (Å²) in [7, 11) is 0. The number of anilines is 1. The molecule has 1 aliphatic heterocycles. The minimum absolute atomic E-state index is 0.0664. The molecule has 2 aromatic carbocycles. The van der Waals surface area contributed by atoms with Crippen LogP contribution in [0.25, 0.3) is 0 Å². The molecule has 0 radical (unpaired) electrons. The first-order chi connectivity index (χ1) is 14.0. The number of aryl methyl sites for hydroxylation is 1. The molecule has 2 N–H and O–H groups in total. The first kappa shape index (κ1) is 20.3. The van der Waals surface area contributed by atoms with Crippen LogP contribution in [0.2, 0.25) is 0 Å². The van der Waals surface area contributed by atoms with Crippen LogP contribution in [0.1, 0.15) is 35.7 Å². The van der Waals surface area contributed by atoms with E-state index in [0.29, 0.717) is 37.2 Å². The van der Waals surface area contributed by atoms with Crippen LogP contribution >= 0.6 is 0 Å². The van der Waals surface area contributed by atoms with Crippen molar-refractivity contribution in [1.82, 2.24) is 10.9 Å². The molecule has 152 valence electrons. The minimum Gasteiger partial charge on any atom is -0.366 e. The Labute approximate surface area is 169 Å². The molecule has 8 nitrogen and oxygen atoms in total. The second kappa shape index (κ2) is 9.18. The number of nitro benzene ring substituents is 1. The summed E-state index contributed by atoms with van der Waals surface area (Å²) in [6, 6.07) is 13.8. The van der Waals surface area contributed by atoms with Crippen LogP contribution < -0.4 is 15.8 Å². The Morgan fingerprint density at radius 3 is 2.34 bits per heavy atom. The summed E-state index contributed by atoms with van der Waals surface area (Å²) in [5, 5.41) is 11.2. The maximum Gasteiger partial charge on any atom is 0.292 e. The first-order valence-electron chi connectivity index (χ1n) is 9.67. The number of carbonyl (C=O) groups is 2. The highest BCUT2D eigenvalue weighted by molar-refractivity contribution is 5.95. The van der Waals surface area contributed by atoms with Gasteiger partial charge < -0.3 is 4.90 Å². The maximum absolute atomic E-state index is 12.4. The maximum atomic E-state index is 12.4. The van der Waals surface area contributed by atoms with E-state index in [4.69, 9.17) is 0 Å². The number of nitro groups is 1. The van der Waals surface area contributed by atoms with Crippen LogP contribution in [-0.2, 0) is 11.2 Å². The number of rotatable bonds is 5. The fourth-order valence-corrected chi connectivity index (χ4v) is 3.45. The average Bonchev–Trinajstić information content (AvgIpc) is 2.77. The normalized spacial score (nSPS) is 14.3. The number of carbonyl (C=O) groups excluding carboxylic acids is 2. The summed E-state index contributed by atoms with van der Waals surface area (Å²) < 4.78 is 0. The van der Waals surface area contributed by atoms with Gasteiger partial charge in [0.25, 0.3) is 11.6 Å². The van der Waals surface area contributed by atoms with Gasteiger partial charge in [0.2, 0.25) is 5.91 Å². The van der Waals surface area contributed by atoms with Crippen molar-refractivity contribution < 1.29 is 14.5 Å². The number of para-hydroxylation sites is 2. The molecule has 2 aromatic rings. The van der Waals surface area contributed by atoms with Gasteiger partial charge in [0.15, 0.2) is 0 Å². The number of nitrogens with zero attached hydrogens (tertiary/aromatic N) is 2. The molecule has 0 unspecified atom stereocenters. The largest absolute Gasteiger partial charge is 0.366 e. The second-order valence-electron chi connectivity index (χ2n) is 7.00. The Kier molecular flexibility index (Phi) is 6.43. The van der Waals surface area contributed by atoms with Gasteiger partial charge in [-0.05, 0) is 43.0 Å². The van der Waals surface area contributed by atoms with Gasteiger partial charge in [0.1, 0.15) is 5.69 Å². The fraction of sp³-hybridized carbons (Fsp3) is 0.333. The van der Waals surface area contributed by atoms with Crippen molar-refractivity contribution in [2.24, 2.45) is 5.92 Å². The third kappa shape index (κ3) is 4.90. The fourth-order valence-electron chi connectivity index (χ4n) is 3.45. The van der Waals surface area contributed by atoms with Gasteiger partial charge in [-0.3, -0.25) is 30.6 Å². The number of benzene rings is 2. The molecule has 0 aliphatic carbocycles. The lowest BCUT2D eigenvalue weighted by Gasteiger charge is -2.32. The van der Waals surface area contributed by atoms with Crippen molar-refractivity contribution in [1.29, 1.82) is 0 Å². The lowest BCUT2D eigenvalue weighted by Crippen LogP contribution is -2.47. The molecule has 0 bridgehead atoms. The second-order valence-corrected chi connectivity index (χ2v) is 7.00. The number of hydrazine groups is 1. The van der Waals surface area contributed by atoms with Gasteiger partial charge in [-0.15, -0.1) is 0 Å². The van der Waals surface area contributed by atoms with Crippen molar-refractivity contribution in [3.63, 3.8) is 0 Å². The molecule has 1 saturated heterocycles. The highest BCUT2D eigenvalue weighted by Crippen LogP contribution is 2.31. The molecule has 1 fully saturated rings. The molecule has 0 aromatic heterocycles. The zero-order valence-corrected chi connectivity index (χ0v) is 16.3. The topological polar surface area (TPSA) is 105 Å². The monoisotopic (exact) mass is 396 g/mol. The molecule has 3 rings (SSSR count). The number of piperidine rings is 1. The molecule has 1 aliphatic rings. The molecule has 0 saturated carbocycles. The SMILES string of the molecule is CCc1ccc(C(=O)NNC(=O)C2CCN(c3ccccc3[N+](=O)[O-])CC2)cc1. The highest BCUT2D eigenvalue weighted by Gasteiger charge is 2.28. The van der Waals surface area contributed by atoms with E-state index in [-0.39, 0.29) is 23.4 Å². The van der Waals surface area contributed by atoms with E-state index in [1.807, 2.05) is 24.0 Å². The number of hydrogen-bond donors (Lipinski definition) is 2. The van der Waals surface area contributed by atoms with E-state index >= 15 is 0 Å². The Balaban J connectivity index is 1.51. The van der Waals surface area contributed by atoms with Crippen LogP contribution in [0.15, 0.2) is 48.5 Å². The molecule has 0 atom stereocenters. The lowest BCUT2D eigenvalue weighted by molar-refractivity contribution is -0.384. The summed E-state index contributed by atoms with van der Waals surface area (Å²) in [5.74, 6) is -0.860. The molecule has 29 heavy (non-hydrogen) atoms. The Morgan fingerprint density at radius 1 is 1.07 bits per heavy atom. The van der Waals surface area contributed by atoms with Crippen molar-refractivity contribution in [2.45, 2.75) is 26.2 Å². The molecule has 1 heterocycles. The van der Waals surface area contributed by atoms with Crippen LogP contribution in [0.4, 0.5) is 11.4 Å². The number of nitrogens with one attached hydrogen (secondary N) is 2. The van der Waals surface area contributed by atoms with E-state index in [1.165, 1.54) is 6.07 Å². The predicted molar refractivity (Wildman–Crippen MR) is 109 cm³/mol. The van der Waals surface area contributed by atoms with E-state index in [1.54, 1.807) is 30.3 Å². The quantitative estimate of drug-likeness (QED) is 0.597. The molecule has 8 heteroatoms. The van der Waals surface area contributed by atoms with Crippen LogP contribution in [0.3, 0.4) is 0 Å². The van der Waals surface area contributed by atoms with Gasteiger partial charge in [0, 0.05) is 30.6 Å². The average molecular weight is 396 g/mol. The summed E-state index contributed by atoms with van der Waals surface area (Å²) in [4.78, 5) is 37.3. The van der Waals surface area contributed by atoms with Crippen molar-refractivity contribution >= 4 is 23.2 Å². The van der Waals surface area contributed by atoms with E-state index < -0.39 is 4.92 Å². The van der Waals surface area contributed by atoms with Crippen LogP contribution in [0, 0.1) is 16.0 Å². The Hall–Kier alpha value is -3.42. The van der Waals surface area contributed by atoms with Gasteiger partial charge in [0.05, 0.1) is 4.92 Å². The van der Waals surface area contributed by atoms with Crippen molar-refractivity contribution in [3.8, 4) is 0 Å². The zero-order valence-electron chi connectivity index (χ0n) is 16.3. The summed E-state index contributed by atoms with van der Waals surface area (Å²) in [5.41, 5.74) is 7.21. The highest BCUT2D eigenvalue weighted by atomic mass is 16.6. The first-order valence-corrected chi connectivity index (χ1v) is 9.67. The summed E-state index contributed by atoms with van der Waals surface area (Å²) in [6.07, 6.45) is 2.00. The molecule has 0 spiro atoms. The Morgan fingerprint density at radius 2 is 1.72 bits per heavy atom. The van der Waals surface area contributed by atoms with E-state index in [2.05, 4.69) is 10.9 Å². The Bertz CT molecular complexity index is 890. The summed E-state index contributed by atoms with van der Waals surface area (Å²) in [6.45, 7) is 3.11. The molecule has 2 amide bonds. The minimum atomic E-state index is -0.392. The van der Waals surface area contributed by atoms with Gasteiger partial charge >= 0.3 is 0 Å². The van der Waals surface area contributed by atoms with Crippen LogP contribution in [-0.4, -0.2) is 29.8 Å². The van der Waals surface area contributed by atoms with Gasteiger partial charge in [-0.25, -0.2) is 0 Å². The van der Waals surface area contributed by atoms with Crippen LogP contribution in [0.5, 0.6) is 0 Å². The van der Waals surface area contributed by atoms with E-state index in [9.17, 15) is 19.7 Å². The molecular formula is C21H24N4O4. The summed E-state index contributed by atoms with van der Waals surface area (Å²) >= 11 is 0.